The lowest BCUT2D eigenvalue weighted by molar-refractivity contribution is -0.123. The first kappa shape index (κ1) is 12.6. The van der Waals surface area contributed by atoms with E-state index in [2.05, 4.69) is 0 Å². The van der Waals surface area contributed by atoms with Crippen LogP contribution in [0.2, 0.25) is 0 Å². The maximum atomic E-state index is 11.5. The number of carbonyl (C=O) groups is 1. The zero-order valence-electron chi connectivity index (χ0n) is 9.40. The Morgan fingerprint density at radius 2 is 1.80 bits per heavy atom. The van der Waals surface area contributed by atoms with E-state index in [4.69, 9.17) is 0 Å². The third-order valence-electron chi connectivity index (χ3n) is 3.02. The number of hydrogen-bond acceptors (Lipinski definition) is 3. The standard InChI is InChI=1S/C10H19NO3S/c1-3-10(12)9-5-7-11(8-6-9)15(13,14)4-2/h9H,3-8H2,1-2H3. The van der Waals surface area contributed by atoms with Crippen molar-refractivity contribution in [2.75, 3.05) is 18.8 Å². The molecule has 0 unspecified atom stereocenters. The van der Waals surface area contributed by atoms with Crippen LogP contribution in [0.1, 0.15) is 33.1 Å². The summed E-state index contributed by atoms with van der Waals surface area (Å²) in [5.41, 5.74) is 0. The van der Waals surface area contributed by atoms with Crippen LogP contribution in [0, 0.1) is 5.92 Å². The molecule has 1 heterocycles. The molecular formula is C10H19NO3S. The monoisotopic (exact) mass is 233 g/mol. The van der Waals surface area contributed by atoms with E-state index in [1.807, 2.05) is 6.92 Å². The van der Waals surface area contributed by atoms with Crippen molar-refractivity contribution in [2.24, 2.45) is 5.92 Å². The van der Waals surface area contributed by atoms with Gasteiger partial charge in [-0.15, -0.1) is 0 Å². The molecule has 15 heavy (non-hydrogen) atoms. The fourth-order valence-corrected chi connectivity index (χ4v) is 3.06. The zero-order valence-corrected chi connectivity index (χ0v) is 10.2. The lowest BCUT2D eigenvalue weighted by Gasteiger charge is -2.30. The first-order valence-corrected chi connectivity index (χ1v) is 7.12. The Morgan fingerprint density at radius 1 is 1.27 bits per heavy atom. The number of carbonyl (C=O) groups excluding carboxylic acids is 1. The van der Waals surface area contributed by atoms with Crippen LogP contribution in [-0.4, -0.2) is 37.3 Å². The minimum Gasteiger partial charge on any atom is -0.299 e. The Kier molecular flexibility index (Phi) is 4.28. The topological polar surface area (TPSA) is 54.5 Å². The van der Waals surface area contributed by atoms with E-state index in [0.29, 0.717) is 32.4 Å². The van der Waals surface area contributed by atoms with Gasteiger partial charge in [-0.3, -0.25) is 4.79 Å². The molecule has 0 aliphatic carbocycles. The van der Waals surface area contributed by atoms with Crippen molar-refractivity contribution >= 4 is 15.8 Å². The molecule has 0 atom stereocenters. The molecule has 88 valence electrons. The molecule has 0 spiro atoms. The van der Waals surface area contributed by atoms with Crippen LogP contribution in [0.4, 0.5) is 0 Å². The molecule has 0 radical (unpaired) electrons. The fourth-order valence-electron chi connectivity index (χ4n) is 1.93. The Balaban J connectivity index is 2.53. The lowest BCUT2D eigenvalue weighted by Crippen LogP contribution is -2.40. The van der Waals surface area contributed by atoms with Gasteiger partial charge >= 0.3 is 0 Å². The largest absolute Gasteiger partial charge is 0.299 e. The Hall–Kier alpha value is -0.420. The van der Waals surface area contributed by atoms with Crippen LogP contribution in [0.3, 0.4) is 0 Å². The van der Waals surface area contributed by atoms with E-state index in [-0.39, 0.29) is 17.5 Å². The summed E-state index contributed by atoms with van der Waals surface area (Å²) in [5, 5.41) is 0. The van der Waals surface area contributed by atoms with Crippen molar-refractivity contribution in [3.05, 3.63) is 0 Å². The molecule has 0 N–H and O–H groups in total. The summed E-state index contributed by atoms with van der Waals surface area (Å²) < 4.78 is 24.6. The van der Waals surface area contributed by atoms with E-state index in [1.54, 1.807) is 6.92 Å². The van der Waals surface area contributed by atoms with Gasteiger partial charge in [-0.25, -0.2) is 12.7 Å². The van der Waals surface area contributed by atoms with Gasteiger partial charge in [0.2, 0.25) is 10.0 Å². The number of sulfonamides is 1. The summed E-state index contributed by atoms with van der Waals surface area (Å²) in [4.78, 5) is 11.4. The van der Waals surface area contributed by atoms with Gasteiger partial charge in [0.15, 0.2) is 0 Å². The molecule has 1 rings (SSSR count). The van der Waals surface area contributed by atoms with Gasteiger partial charge in [0.1, 0.15) is 5.78 Å². The first-order valence-electron chi connectivity index (χ1n) is 5.51. The molecule has 0 aromatic carbocycles. The highest BCUT2D eigenvalue weighted by molar-refractivity contribution is 7.89. The van der Waals surface area contributed by atoms with Crippen molar-refractivity contribution in [2.45, 2.75) is 33.1 Å². The van der Waals surface area contributed by atoms with Crippen molar-refractivity contribution < 1.29 is 13.2 Å². The molecule has 0 saturated carbocycles. The molecule has 1 fully saturated rings. The molecule has 1 aliphatic heterocycles. The zero-order chi connectivity index (χ0) is 11.5. The Bertz CT molecular complexity index is 316. The van der Waals surface area contributed by atoms with Crippen molar-refractivity contribution in [1.82, 2.24) is 4.31 Å². The number of piperidine rings is 1. The second-order valence-corrected chi connectivity index (χ2v) is 6.15. The van der Waals surface area contributed by atoms with Crippen LogP contribution in [0.5, 0.6) is 0 Å². The van der Waals surface area contributed by atoms with Crippen molar-refractivity contribution in [3.8, 4) is 0 Å². The SMILES string of the molecule is CCC(=O)C1CCN(S(=O)(=O)CC)CC1. The van der Waals surface area contributed by atoms with Crippen LogP contribution < -0.4 is 0 Å². The van der Waals surface area contributed by atoms with Gasteiger partial charge < -0.3 is 0 Å². The maximum absolute atomic E-state index is 11.5. The molecule has 0 amide bonds. The van der Waals surface area contributed by atoms with E-state index in [9.17, 15) is 13.2 Å². The predicted molar refractivity (Wildman–Crippen MR) is 59.1 cm³/mol. The third kappa shape index (κ3) is 3.01. The Morgan fingerprint density at radius 3 is 2.20 bits per heavy atom. The van der Waals surface area contributed by atoms with E-state index in [1.165, 1.54) is 4.31 Å². The molecular weight excluding hydrogens is 214 g/mol. The average molecular weight is 233 g/mol. The quantitative estimate of drug-likeness (QED) is 0.728. The summed E-state index contributed by atoms with van der Waals surface area (Å²) in [6.45, 7) is 4.52. The molecule has 5 heteroatoms. The molecule has 1 aliphatic rings. The predicted octanol–water partition coefficient (Wildman–Crippen LogP) is 1.03. The van der Waals surface area contributed by atoms with Crippen molar-refractivity contribution in [1.29, 1.82) is 0 Å². The molecule has 4 nitrogen and oxygen atoms in total. The van der Waals surface area contributed by atoms with Crippen molar-refractivity contribution in [3.63, 3.8) is 0 Å². The summed E-state index contributed by atoms with van der Waals surface area (Å²) in [7, 11) is -3.06. The summed E-state index contributed by atoms with van der Waals surface area (Å²) in [6.07, 6.45) is 1.93. The molecule has 0 aromatic heterocycles. The van der Waals surface area contributed by atoms with Gasteiger partial charge in [0.25, 0.3) is 0 Å². The number of nitrogens with zero attached hydrogens (tertiary/aromatic N) is 1. The highest BCUT2D eigenvalue weighted by atomic mass is 32.2. The summed E-state index contributed by atoms with van der Waals surface area (Å²) in [6, 6.07) is 0. The second-order valence-electron chi connectivity index (χ2n) is 3.89. The minimum atomic E-state index is -3.06. The van der Waals surface area contributed by atoms with Gasteiger partial charge in [-0.05, 0) is 19.8 Å². The maximum Gasteiger partial charge on any atom is 0.213 e. The third-order valence-corrected chi connectivity index (χ3v) is 4.90. The smallest absolute Gasteiger partial charge is 0.213 e. The van der Waals surface area contributed by atoms with Crippen LogP contribution in [0.25, 0.3) is 0 Å². The minimum absolute atomic E-state index is 0.0818. The van der Waals surface area contributed by atoms with E-state index < -0.39 is 10.0 Å². The number of rotatable bonds is 4. The van der Waals surface area contributed by atoms with Crippen LogP contribution in [-0.2, 0) is 14.8 Å². The highest BCUT2D eigenvalue weighted by Gasteiger charge is 2.29. The van der Waals surface area contributed by atoms with Gasteiger partial charge in [-0.2, -0.15) is 0 Å². The molecule has 0 bridgehead atoms. The van der Waals surface area contributed by atoms with Crippen LogP contribution in [0.15, 0.2) is 0 Å². The van der Waals surface area contributed by atoms with E-state index in [0.717, 1.165) is 0 Å². The lowest BCUT2D eigenvalue weighted by atomic mass is 9.92. The molecule has 0 aromatic rings. The fraction of sp³-hybridized carbons (Fsp3) is 0.900. The summed E-state index contributed by atoms with van der Waals surface area (Å²) >= 11 is 0. The number of ketones is 1. The van der Waals surface area contributed by atoms with Crippen LogP contribution >= 0.6 is 0 Å². The summed E-state index contributed by atoms with van der Waals surface area (Å²) in [5.74, 6) is 0.501. The number of Topliss-reactive ketones (excluding diaryl/α,β-unsaturated/α-hetero) is 1. The first-order chi connectivity index (χ1) is 7.01. The van der Waals surface area contributed by atoms with E-state index >= 15 is 0 Å². The van der Waals surface area contributed by atoms with Gasteiger partial charge in [-0.1, -0.05) is 6.92 Å². The highest BCUT2D eigenvalue weighted by Crippen LogP contribution is 2.21. The second kappa shape index (κ2) is 5.07. The number of hydrogen-bond donors (Lipinski definition) is 0. The Labute approximate surface area is 91.7 Å². The van der Waals surface area contributed by atoms with Gasteiger partial charge in [0.05, 0.1) is 5.75 Å². The normalized spacial score (nSPS) is 20.4. The molecule has 1 saturated heterocycles. The van der Waals surface area contributed by atoms with Gasteiger partial charge in [0, 0.05) is 25.4 Å². The average Bonchev–Trinajstić information content (AvgIpc) is 2.28.